The molecule has 0 saturated carbocycles. The molecule has 0 aromatic heterocycles. The number of benzene rings is 2. The molecule has 3 nitrogen and oxygen atoms in total. The first kappa shape index (κ1) is 14.8. The van der Waals surface area contributed by atoms with Gasteiger partial charge in [-0.3, -0.25) is 0 Å². The van der Waals surface area contributed by atoms with E-state index in [0.717, 1.165) is 11.3 Å². The number of phenolic OH excluding ortho intramolecular Hbond substituents is 1. The fraction of sp³-hybridized carbons (Fsp3) is 0.200. The first-order chi connectivity index (χ1) is 9.61. The van der Waals surface area contributed by atoms with Crippen LogP contribution in [0.3, 0.4) is 0 Å². The van der Waals surface area contributed by atoms with E-state index in [2.05, 4.69) is 5.32 Å². The molecule has 0 atom stereocenters. The Morgan fingerprint density at radius 1 is 1.15 bits per heavy atom. The Morgan fingerprint density at radius 2 is 1.95 bits per heavy atom. The molecule has 2 rings (SSSR count). The van der Waals surface area contributed by atoms with E-state index in [1.54, 1.807) is 18.2 Å². The topological polar surface area (TPSA) is 41.5 Å². The largest absolute Gasteiger partial charge is 0.504 e. The van der Waals surface area contributed by atoms with E-state index in [4.69, 9.17) is 27.9 Å². The van der Waals surface area contributed by atoms with Crippen LogP contribution in [-0.4, -0.2) is 11.7 Å². The highest BCUT2D eigenvalue weighted by molar-refractivity contribution is 6.42. The van der Waals surface area contributed by atoms with Gasteiger partial charge in [0.25, 0.3) is 0 Å². The van der Waals surface area contributed by atoms with E-state index in [1.807, 2.05) is 25.1 Å². The second-order valence-corrected chi connectivity index (χ2v) is 4.99. The zero-order valence-electron chi connectivity index (χ0n) is 11.0. The standard InChI is InChI=1S/C15H15Cl2NO2/c1-2-20-14-5-3-4-10(15(14)19)9-18-11-6-7-12(16)13(17)8-11/h3-8,18-19H,2,9H2,1H3. The summed E-state index contributed by atoms with van der Waals surface area (Å²) in [6.07, 6.45) is 0. The molecule has 0 spiro atoms. The lowest BCUT2D eigenvalue weighted by molar-refractivity contribution is 0.317. The van der Waals surface area contributed by atoms with Crippen LogP contribution in [0, 0.1) is 0 Å². The number of aromatic hydroxyl groups is 1. The summed E-state index contributed by atoms with van der Waals surface area (Å²) in [5.74, 6) is 0.642. The molecular weight excluding hydrogens is 297 g/mol. The van der Waals surface area contributed by atoms with Crippen molar-refractivity contribution in [2.75, 3.05) is 11.9 Å². The molecule has 0 aliphatic heterocycles. The molecule has 0 aliphatic rings. The molecule has 0 radical (unpaired) electrons. The molecular formula is C15H15Cl2NO2. The Bertz CT molecular complexity index is 602. The molecule has 2 aromatic carbocycles. The Kier molecular flexibility index (Phi) is 4.99. The summed E-state index contributed by atoms with van der Waals surface area (Å²) in [6, 6.07) is 10.7. The molecule has 0 fully saturated rings. The minimum absolute atomic E-state index is 0.155. The molecule has 5 heteroatoms. The fourth-order valence-corrected chi connectivity index (χ4v) is 2.08. The van der Waals surface area contributed by atoms with Crippen LogP contribution in [0.1, 0.15) is 12.5 Å². The highest BCUT2D eigenvalue weighted by atomic mass is 35.5. The van der Waals surface area contributed by atoms with Gasteiger partial charge in [0.2, 0.25) is 0 Å². The zero-order chi connectivity index (χ0) is 14.5. The van der Waals surface area contributed by atoms with Gasteiger partial charge >= 0.3 is 0 Å². The van der Waals surface area contributed by atoms with E-state index < -0.39 is 0 Å². The number of anilines is 1. The summed E-state index contributed by atoms with van der Waals surface area (Å²) in [7, 11) is 0. The van der Waals surface area contributed by atoms with Crippen LogP contribution >= 0.6 is 23.2 Å². The lowest BCUT2D eigenvalue weighted by Crippen LogP contribution is -2.01. The summed E-state index contributed by atoms with van der Waals surface area (Å²) in [5, 5.41) is 14.3. The number of nitrogens with one attached hydrogen (secondary N) is 1. The van der Waals surface area contributed by atoms with E-state index in [9.17, 15) is 5.11 Å². The molecule has 2 N–H and O–H groups in total. The Labute approximate surface area is 128 Å². The van der Waals surface area contributed by atoms with Crippen LogP contribution in [0.4, 0.5) is 5.69 Å². The number of hydrogen-bond donors (Lipinski definition) is 2. The highest BCUT2D eigenvalue weighted by Crippen LogP contribution is 2.31. The molecule has 0 heterocycles. The summed E-state index contributed by atoms with van der Waals surface area (Å²) < 4.78 is 5.35. The lowest BCUT2D eigenvalue weighted by Gasteiger charge is -2.12. The highest BCUT2D eigenvalue weighted by Gasteiger charge is 2.07. The lowest BCUT2D eigenvalue weighted by atomic mass is 10.2. The van der Waals surface area contributed by atoms with Crippen LogP contribution in [0.25, 0.3) is 0 Å². The first-order valence-electron chi connectivity index (χ1n) is 6.24. The van der Waals surface area contributed by atoms with E-state index in [-0.39, 0.29) is 5.75 Å². The number of para-hydroxylation sites is 1. The number of ether oxygens (including phenoxy) is 1. The second kappa shape index (κ2) is 6.73. The molecule has 2 aromatic rings. The molecule has 0 unspecified atom stereocenters. The van der Waals surface area contributed by atoms with Crippen molar-refractivity contribution < 1.29 is 9.84 Å². The number of hydrogen-bond acceptors (Lipinski definition) is 3. The van der Waals surface area contributed by atoms with Gasteiger partial charge in [-0.1, -0.05) is 35.3 Å². The molecule has 20 heavy (non-hydrogen) atoms. The molecule has 0 aliphatic carbocycles. The van der Waals surface area contributed by atoms with Crippen LogP contribution in [0.5, 0.6) is 11.5 Å². The second-order valence-electron chi connectivity index (χ2n) is 4.18. The van der Waals surface area contributed by atoms with Crippen molar-refractivity contribution in [1.29, 1.82) is 0 Å². The summed E-state index contributed by atoms with van der Waals surface area (Å²) in [4.78, 5) is 0. The van der Waals surface area contributed by atoms with Gasteiger partial charge in [-0.25, -0.2) is 0 Å². The van der Waals surface area contributed by atoms with Crippen molar-refractivity contribution in [1.82, 2.24) is 0 Å². The summed E-state index contributed by atoms with van der Waals surface area (Å²) >= 11 is 11.8. The third-order valence-electron chi connectivity index (χ3n) is 2.78. The van der Waals surface area contributed by atoms with Gasteiger partial charge < -0.3 is 15.2 Å². The first-order valence-corrected chi connectivity index (χ1v) is 7.00. The van der Waals surface area contributed by atoms with Gasteiger partial charge in [0.05, 0.1) is 16.7 Å². The smallest absolute Gasteiger partial charge is 0.162 e. The van der Waals surface area contributed by atoms with Gasteiger partial charge in [0.15, 0.2) is 11.5 Å². The van der Waals surface area contributed by atoms with E-state index in [1.165, 1.54) is 0 Å². The van der Waals surface area contributed by atoms with Gasteiger partial charge in [-0.2, -0.15) is 0 Å². The quantitative estimate of drug-likeness (QED) is 0.840. The Hall–Kier alpha value is -1.58. The van der Waals surface area contributed by atoms with Crippen molar-refractivity contribution in [2.24, 2.45) is 0 Å². The van der Waals surface area contributed by atoms with E-state index in [0.29, 0.717) is 28.9 Å². The third kappa shape index (κ3) is 3.50. The average molecular weight is 312 g/mol. The third-order valence-corrected chi connectivity index (χ3v) is 3.52. The van der Waals surface area contributed by atoms with Gasteiger partial charge in [0.1, 0.15) is 0 Å². The Balaban J connectivity index is 2.10. The monoisotopic (exact) mass is 311 g/mol. The van der Waals surface area contributed by atoms with Crippen LogP contribution < -0.4 is 10.1 Å². The minimum atomic E-state index is 0.155. The van der Waals surface area contributed by atoms with Crippen molar-refractivity contribution in [2.45, 2.75) is 13.5 Å². The molecule has 0 bridgehead atoms. The average Bonchev–Trinajstić information content (AvgIpc) is 2.44. The minimum Gasteiger partial charge on any atom is -0.504 e. The van der Waals surface area contributed by atoms with Crippen molar-refractivity contribution >= 4 is 28.9 Å². The normalized spacial score (nSPS) is 10.3. The van der Waals surface area contributed by atoms with Crippen molar-refractivity contribution in [3.8, 4) is 11.5 Å². The fourth-order valence-electron chi connectivity index (χ4n) is 1.79. The van der Waals surface area contributed by atoms with Gasteiger partial charge in [-0.15, -0.1) is 0 Å². The van der Waals surface area contributed by atoms with Gasteiger partial charge in [0, 0.05) is 17.8 Å². The maximum absolute atomic E-state index is 10.1. The predicted molar refractivity (Wildman–Crippen MR) is 83.1 cm³/mol. The van der Waals surface area contributed by atoms with Crippen LogP contribution in [-0.2, 0) is 6.54 Å². The maximum Gasteiger partial charge on any atom is 0.162 e. The summed E-state index contributed by atoms with van der Waals surface area (Å²) in [6.45, 7) is 2.85. The van der Waals surface area contributed by atoms with Crippen molar-refractivity contribution in [3.63, 3.8) is 0 Å². The maximum atomic E-state index is 10.1. The predicted octanol–water partition coefficient (Wildman–Crippen LogP) is 4.71. The molecule has 106 valence electrons. The summed E-state index contributed by atoms with van der Waals surface area (Å²) in [5.41, 5.74) is 1.59. The number of phenols is 1. The number of halogens is 2. The molecule has 0 saturated heterocycles. The van der Waals surface area contributed by atoms with Crippen LogP contribution in [0.2, 0.25) is 10.0 Å². The number of rotatable bonds is 5. The van der Waals surface area contributed by atoms with Gasteiger partial charge in [-0.05, 0) is 31.2 Å². The Morgan fingerprint density at radius 3 is 2.65 bits per heavy atom. The SMILES string of the molecule is CCOc1cccc(CNc2ccc(Cl)c(Cl)c2)c1O. The zero-order valence-corrected chi connectivity index (χ0v) is 12.5. The van der Waals surface area contributed by atoms with E-state index >= 15 is 0 Å². The van der Waals surface area contributed by atoms with Crippen LogP contribution in [0.15, 0.2) is 36.4 Å². The molecule has 0 amide bonds. The van der Waals surface area contributed by atoms with Crippen molar-refractivity contribution in [3.05, 3.63) is 52.0 Å².